The minimum atomic E-state index is -4.51. The molecule has 0 aromatic heterocycles. The fourth-order valence-corrected chi connectivity index (χ4v) is 1.69. The van der Waals surface area contributed by atoms with Gasteiger partial charge in [0.25, 0.3) is 5.78 Å². The topological polar surface area (TPSA) is 82.5 Å². The van der Waals surface area contributed by atoms with Gasteiger partial charge in [-0.05, 0) is 18.2 Å². The predicted octanol–water partition coefficient (Wildman–Crippen LogP) is 2.84. The molecule has 0 radical (unpaired) electrons. The van der Waals surface area contributed by atoms with Gasteiger partial charge in [-0.1, -0.05) is 6.07 Å². The van der Waals surface area contributed by atoms with Gasteiger partial charge in [0, 0.05) is 38.3 Å². The number of hydrogen-bond donors (Lipinski definition) is 2. The Morgan fingerprint density at radius 3 is 2.46 bits per heavy atom. The summed E-state index contributed by atoms with van der Waals surface area (Å²) in [5.74, 6) is -2.22. The van der Waals surface area contributed by atoms with Crippen molar-refractivity contribution in [2.45, 2.75) is 6.18 Å². The van der Waals surface area contributed by atoms with E-state index in [9.17, 15) is 22.8 Å². The Labute approximate surface area is 148 Å². The number of Topliss-reactive ketones (excluding diaryl/α,β-unsaturated/α-hetero) is 1. The van der Waals surface area contributed by atoms with Crippen molar-refractivity contribution in [2.75, 3.05) is 26.5 Å². The summed E-state index contributed by atoms with van der Waals surface area (Å²) in [5.41, 5.74) is -1.63. The van der Waals surface area contributed by atoms with Crippen LogP contribution in [0.2, 0.25) is 0 Å². The van der Waals surface area contributed by atoms with E-state index >= 15 is 0 Å². The number of rotatable bonds is 8. The number of anilines is 1. The van der Waals surface area contributed by atoms with Crippen LogP contribution in [0.15, 0.2) is 48.5 Å². The average molecular weight is 369 g/mol. The molecule has 0 aliphatic rings. The number of ketones is 2. The standard InChI is InChI=1S/C17H18F3N3O3/c1-23(2)8-7-13(24)15(21)16(25)14(26-3)10-22-12-6-4-5-11(9-12)17(18,19)20/h4-10,21-22H,1-3H3/b8-7+,14-10+,21-15?. The summed E-state index contributed by atoms with van der Waals surface area (Å²) < 4.78 is 42.9. The highest BCUT2D eigenvalue weighted by molar-refractivity contribution is 6.69. The van der Waals surface area contributed by atoms with Crippen LogP contribution in [0, 0.1) is 5.41 Å². The molecule has 0 bridgehead atoms. The van der Waals surface area contributed by atoms with Crippen molar-refractivity contribution < 1.29 is 27.5 Å². The lowest BCUT2D eigenvalue weighted by Gasteiger charge is -2.10. The number of halogens is 3. The Morgan fingerprint density at radius 1 is 1.27 bits per heavy atom. The summed E-state index contributed by atoms with van der Waals surface area (Å²) in [6.45, 7) is 0. The van der Waals surface area contributed by atoms with Crippen LogP contribution < -0.4 is 5.32 Å². The molecule has 0 saturated heterocycles. The first-order valence-electron chi connectivity index (χ1n) is 7.26. The summed E-state index contributed by atoms with van der Waals surface area (Å²) in [4.78, 5) is 25.4. The first kappa shape index (κ1) is 20.9. The van der Waals surface area contributed by atoms with Crippen LogP contribution in [-0.4, -0.2) is 43.4 Å². The van der Waals surface area contributed by atoms with E-state index in [2.05, 4.69) is 5.32 Å². The quantitative estimate of drug-likeness (QED) is 0.319. The molecule has 1 aromatic rings. The molecular formula is C17H18F3N3O3. The first-order chi connectivity index (χ1) is 12.1. The maximum atomic E-state index is 12.7. The maximum absolute atomic E-state index is 12.7. The lowest BCUT2D eigenvalue weighted by molar-refractivity contribution is -0.137. The molecule has 26 heavy (non-hydrogen) atoms. The molecule has 0 spiro atoms. The molecule has 0 atom stereocenters. The van der Waals surface area contributed by atoms with Crippen LogP contribution in [-0.2, 0) is 20.5 Å². The third-order valence-electron chi connectivity index (χ3n) is 3.00. The van der Waals surface area contributed by atoms with E-state index in [1.807, 2.05) is 0 Å². The Kier molecular flexibility index (Phi) is 7.12. The zero-order valence-electron chi connectivity index (χ0n) is 14.3. The van der Waals surface area contributed by atoms with Gasteiger partial charge in [0.15, 0.2) is 11.5 Å². The largest absolute Gasteiger partial charge is 0.491 e. The molecule has 0 heterocycles. The molecule has 140 valence electrons. The maximum Gasteiger partial charge on any atom is 0.416 e. The molecule has 0 fully saturated rings. The zero-order valence-corrected chi connectivity index (χ0v) is 14.3. The average Bonchev–Trinajstić information content (AvgIpc) is 2.58. The Bertz CT molecular complexity index is 753. The molecule has 1 aromatic carbocycles. The molecule has 6 nitrogen and oxygen atoms in total. The van der Waals surface area contributed by atoms with Gasteiger partial charge >= 0.3 is 6.18 Å². The highest BCUT2D eigenvalue weighted by atomic mass is 19.4. The fraction of sp³-hybridized carbons (Fsp3) is 0.235. The highest BCUT2D eigenvalue weighted by Gasteiger charge is 2.30. The van der Waals surface area contributed by atoms with Crippen LogP contribution in [0.1, 0.15) is 5.56 Å². The van der Waals surface area contributed by atoms with Crippen molar-refractivity contribution in [3.63, 3.8) is 0 Å². The number of nitrogens with zero attached hydrogens (tertiary/aromatic N) is 1. The van der Waals surface area contributed by atoms with Gasteiger partial charge < -0.3 is 15.0 Å². The number of carbonyl (C=O) groups is 2. The Balaban J connectivity index is 2.93. The second kappa shape index (κ2) is 8.84. The van der Waals surface area contributed by atoms with Gasteiger partial charge in [-0.2, -0.15) is 13.2 Å². The monoisotopic (exact) mass is 369 g/mol. The fourth-order valence-electron chi connectivity index (χ4n) is 1.69. The number of alkyl halides is 3. The number of hydrogen-bond acceptors (Lipinski definition) is 6. The van der Waals surface area contributed by atoms with Crippen molar-refractivity contribution in [3.05, 3.63) is 54.1 Å². The van der Waals surface area contributed by atoms with E-state index in [0.717, 1.165) is 31.5 Å². The summed E-state index contributed by atoms with van der Waals surface area (Å²) >= 11 is 0. The Morgan fingerprint density at radius 2 is 1.92 bits per heavy atom. The normalized spacial score (nSPS) is 12.0. The molecule has 0 saturated carbocycles. The van der Waals surface area contributed by atoms with Crippen LogP contribution in [0.5, 0.6) is 0 Å². The summed E-state index contributed by atoms with van der Waals surface area (Å²) in [7, 11) is 4.47. The number of carbonyl (C=O) groups excluding carboxylic acids is 2. The number of ether oxygens (including phenoxy) is 1. The van der Waals surface area contributed by atoms with Gasteiger partial charge in [-0.25, -0.2) is 0 Å². The van der Waals surface area contributed by atoms with Crippen molar-refractivity contribution in [1.82, 2.24) is 4.90 Å². The van der Waals surface area contributed by atoms with E-state index in [0.29, 0.717) is 0 Å². The van der Waals surface area contributed by atoms with Crippen LogP contribution in [0.3, 0.4) is 0 Å². The lowest BCUT2D eigenvalue weighted by Crippen LogP contribution is -2.24. The minimum Gasteiger partial charge on any atom is -0.491 e. The van der Waals surface area contributed by atoms with E-state index in [4.69, 9.17) is 10.1 Å². The predicted molar refractivity (Wildman–Crippen MR) is 90.7 cm³/mol. The first-order valence-corrected chi connectivity index (χ1v) is 7.26. The van der Waals surface area contributed by atoms with E-state index in [1.54, 1.807) is 19.0 Å². The van der Waals surface area contributed by atoms with Gasteiger partial charge in [-0.3, -0.25) is 15.0 Å². The van der Waals surface area contributed by atoms with E-state index in [-0.39, 0.29) is 11.4 Å². The second-order valence-corrected chi connectivity index (χ2v) is 5.28. The minimum absolute atomic E-state index is 0.0625. The van der Waals surface area contributed by atoms with Gasteiger partial charge in [0.2, 0.25) is 5.78 Å². The van der Waals surface area contributed by atoms with Gasteiger partial charge in [0.05, 0.1) is 12.7 Å². The molecule has 1 rings (SSSR count). The molecular weight excluding hydrogens is 351 g/mol. The summed E-state index contributed by atoms with van der Waals surface area (Å²) in [6, 6.07) is 4.32. The number of allylic oxidation sites excluding steroid dienone is 2. The van der Waals surface area contributed by atoms with Crippen molar-refractivity contribution in [1.29, 1.82) is 5.41 Å². The van der Waals surface area contributed by atoms with Crippen molar-refractivity contribution in [3.8, 4) is 0 Å². The molecule has 0 amide bonds. The molecule has 2 N–H and O–H groups in total. The number of benzene rings is 1. The third kappa shape index (κ3) is 6.08. The highest BCUT2D eigenvalue weighted by Crippen LogP contribution is 2.30. The molecule has 0 aliphatic heterocycles. The van der Waals surface area contributed by atoms with Crippen molar-refractivity contribution in [2.24, 2.45) is 0 Å². The van der Waals surface area contributed by atoms with E-state index in [1.165, 1.54) is 18.3 Å². The van der Waals surface area contributed by atoms with Gasteiger partial charge in [0.1, 0.15) is 0 Å². The SMILES string of the molecule is CO/C(=C/Nc1cccc(C(F)(F)F)c1)C(=O)C(=N)C(=O)/C=C/N(C)C. The molecule has 9 heteroatoms. The third-order valence-corrected chi connectivity index (χ3v) is 3.00. The Hall–Kier alpha value is -3.10. The number of methoxy groups -OCH3 is 1. The van der Waals surface area contributed by atoms with Crippen LogP contribution in [0.4, 0.5) is 18.9 Å². The van der Waals surface area contributed by atoms with Gasteiger partial charge in [-0.15, -0.1) is 0 Å². The molecule has 0 aliphatic carbocycles. The van der Waals surface area contributed by atoms with Crippen LogP contribution in [0.25, 0.3) is 0 Å². The second-order valence-electron chi connectivity index (χ2n) is 5.28. The summed E-state index contributed by atoms with van der Waals surface area (Å²) in [5, 5.41) is 10.1. The zero-order chi connectivity index (χ0) is 19.9. The van der Waals surface area contributed by atoms with Crippen LogP contribution >= 0.6 is 0 Å². The smallest absolute Gasteiger partial charge is 0.416 e. The van der Waals surface area contributed by atoms with E-state index < -0.39 is 29.0 Å². The number of nitrogens with one attached hydrogen (secondary N) is 2. The molecule has 0 unspecified atom stereocenters. The summed E-state index contributed by atoms with van der Waals surface area (Å²) in [6.07, 6.45) is -1.08. The lowest BCUT2D eigenvalue weighted by atomic mass is 10.1. The van der Waals surface area contributed by atoms with Crippen molar-refractivity contribution >= 4 is 23.0 Å².